The van der Waals surface area contributed by atoms with Crippen molar-refractivity contribution < 1.29 is 4.79 Å². The molecular weight excluding hydrogens is 232 g/mol. The molecule has 0 saturated carbocycles. The van der Waals surface area contributed by atoms with Crippen LogP contribution in [0.25, 0.3) is 0 Å². The highest BCUT2D eigenvalue weighted by Crippen LogP contribution is 2.19. The smallest absolute Gasteiger partial charge is 0.222 e. The molecule has 0 bridgehead atoms. The molecule has 2 atom stereocenters. The first-order chi connectivity index (χ1) is 8.25. The molecule has 1 amide bonds. The molecule has 2 heterocycles. The largest absolute Gasteiger partial charge is 0.341 e. The Balaban J connectivity index is 1.69. The predicted octanol–water partition coefficient (Wildman–Crippen LogP) is 1.87. The summed E-state index contributed by atoms with van der Waals surface area (Å²) in [5.74, 6) is 1.47. The quantitative estimate of drug-likeness (QED) is 0.837. The molecule has 4 heteroatoms. The summed E-state index contributed by atoms with van der Waals surface area (Å²) in [7, 11) is 0. The third-order valence-corrected chi connectivity index (χ3v) is 4.85. The summed E-state index contributed by atoms with van der Waals surface area (Å²) in [5, 5.41) is 4.12. The van der Waals surface area contributed by atoms with Gasteiger partial charge in [0.2, 0.25) is 5.91 Å². The Kier molecular flexibility index (Phi) is 5.16. The number of rotatable bonds is 3. The van der Waals surface area contributed by atoms with Gasteiger partial charge >= 0.3 is 0 Å². The van der Waals surface area contributed by atoms with Gasteiger partial charge in [-0.1, -0.05) is 13.3 Å². The zero-order valence-corrected chi connectivity index (χ0v) is 11.6. The van der Waals surface area contributed by atoms with E-state index in [2.05, 4.69) is 17.1 Å². The van der Waals surface area contributed by atoms with Crippen LogP contribution in [-0.2, 0) is 4.79 Å². The van der Waals surface area contributed by atoms with Crippen molar-refractivity contribution in [3.63, 3.8) is 0 Å². The number of hydrogen-bond donors (Lipinski definition) is 1. The monoisotopic (exact) mass is 256 g/mol. The Hall–Kier alpha value is -0.220. The zero-order valence-electron chi connectivity index (χ0n) is 10.8. The maximum atomic E-state index is 12.1. The highest BCUT2D eigenvalue weighted by atomic mass is 32.2. The summed E-state index contributed by atoms with van der Waals surface area (Å²) < 4.78 is 0. The van der Waals surface area contributed by atoms with Crippen LogP contribution in [-0.4, -0.2) is 47.5 Å². The van der Waals surface area contributed by atoms with Crippen molar-refractivity contribution in [3.05, 3.63) is 0 Å². The summed E-state index contributed by atoms with van der Waals surface area (Å²) in [5.41, 5.74) is 0. The number of thioether (sulfide) groups is 1. The van der Waals surface area contributed by atoms with E-state index in [9.17, 15) is 4.79 Å². The van der Waals surface area contributed by atoms with Crippen molar-refractivity contribution >= 4 is 17.7 Å². The van der Waals surface area contributed by atoms with Crippen molar-refractivity contribution in [2.24, 2.45) is 0 Å². The minimum atomic E-state index is 0.365. The van der Waals surface area contributed by atoms with Crippen LogP contribution in [0.4, 0.5) is 0 Å². The molecule has 2 rings (SSSR count). The second-order valence-corrected chi connectivity index (χ2v) is 6.75. The fraction of sp³-hybridized carbons (Fsp3) is 0.923. The van der Waals surface area contributed by atoms with Gasteiger partial charge in [0, 0.05) is 36.6 Å². The number of nitrogens with one attached hydrogen (secondary N) is 1. The van der Waals surface area contributed by atoms with Gasteiger partial charge in [-0.2, -0.15) is 11.8 Å². The maximum Gasteiger partial charge on any atom is 0.222 e. The molecule has 1 N–H and O–H groups in total. The Labute approximate surface area is 109 Å². The molecule has 0 aliphatic carbocycles. The molecule has 2 fully saturated rings. The Morgan fingerprint density at radius 3 is 3.06 bits per heavy atom. The van der Waals surface area contributed by atoms with Crippen molar-refractivity contribution in [1.82, 2.24) is 10.2 Å². The fourth-order valence-electron chi connectivity index (χ4n) is 2.67. The van der Waals surface area contributed by atoms with E-state index in [0.717, 1.165) is 38.2 Å². The van der Waals surface area contributed by atoms with Crippen LogP contribution in [0.5, 0.6) is 0 Å². The molecule has 3 nitrogen and oxygen atoms in total. The molecule has 0 aromatic carbocycles. The summed E-state index contributed by atoms with van der Waals surface area (Å²) in [6.07, 6.45) is 5.62. The van der Waals surface area contributed by atoms with Crippen LogP contribution in [0.1, 0.15) is 39.0 Å². The van der Waals surface area contributed by atoms with Gasteiger partial charge in [-0.3, -0.25) is 4.79 Å². The van der Waals surface area contributed by atoms with Gasteiger partial charge < -0.3 is 10.2 Å². The maximum absolute atomic E-state index is 12.1. The Morgan fingerprint density at radius 2 is 2.35 bits per heavy atom. The number of carbonyl (C=O) groups excluding carboxylic acids is 1. The average molecular weight is 256 g/mol. The summed E-state index contributed by atoms with van der Waals surface area (Å²) in [4.78, 5) is 14.1. The molecule has 2 aliphatic heterocycles. The normalized spacial score (nSPS) is 30.3. The SMILES string of the molecule is CC1CN(C(=O)CCC2CCCCN2)CCS1. The highest BCUT2D eigenvalue weighted by molar-refractivity contribution is 7.99. The van der Waals surface area contributed by atoms with Crippen LogP contribution >= 0.6 is 11.8 Å². The molecule has 98 valence electrons. The van der Waals surface area contributed by atoms with E-state index in [1.165, 1.54) is 19.3 Å². The minimum absolute atomic E-state index is 0.365. The van der Waals surface area contributed by atoms with Crippen molar-refractivity contribution in [2.75, 3.05) is 25.4 Å². The molecule has 0 aromatic heterocycles. The van der Waals surface area contributed by atoms with E-state index in [0.29, 0.717) is 17.2 Å². The number of nitrogens with zero attached hydrogens (tertiary/aromatic N) is 1. The van der Waals surface area contributed by atoms with Gasteiger partial charge in [0.25, 0.3) is 0 Å². The molecule has 0 aromatic rings. The molecule has 2 saturated heterocycles. The first kappa shape index (κ1) is 13.2. The van der Waals surface area contributed by atoms with Crippen LogP contribution in [0.2, 0.25) is 0 Å². The number of carbonyl (C=O) groups is 1. The lowest BCUT2D eigenvalue weighted by Crippen LogP contribution is -2.42. The lowest BCUT2D eigenvalue weighted by Gasteiger charge is -2.31. The van der Waals surface area contributed by atoms with E-state index in [-0.39, 0.29) is 0 Å². The minimum Gasteiger partial charge on any atom is -0.341 e. The second-order valence-electron chi connectivity index (χ2n) is 5.21. The van der Waals surface area contributed by atoms with Crippen LogP contribution < -0.4 is 5.32 Å². The van der Waals surface area contributed by atoms with Gasteiger partial charge in [0.15, 0.2) is 0 Å². The van der Waals surface area contributed by atoms with Gasteiger partial charge in [0.05, 0.1) is 0 Å². The summed E-state index contributed by atoms with van der Waals surface area (Å²) in [6.45, 7) is 5.25. The predicted molar refractivity (Wildman–Crippen MR) is 73.4 cm³/mol. The van der Waals surface area contributed by atoms with Gasteiger partial charge in [-0.05, 0) is 25.8 Å². The van der Waals surface area contributed by atoms with E-state index in [1.807, 2.05) is 11.8 Å². The Morgan fingerprint density at radius 1 is 1.47 bits per heavy atom. The molecule has 0 spiro atoms. The number of hydrogen-bond acceptors (Lipinski definition) is 3. The standard InChI is InChI=1S/C13H24N2OS/c1-11-10-15(8-9-17-11)13(16)6-5-12-4-2-3-7-14-12/h11-12,14H,2-10H2,1H3. The Bertz CT molecular complexity index is 254. The fourth-order valence-corrected chi connectivity index (χ4v) is 3.68. The molecule has 2 aliphatic rings. The lowest BCUT2D eigenvalue weighted by atomic mass is 10.0. The topological polar surface area (TPSA) is 32.3 Å². The first-order valence-electron chi connectivity index (χ1n) is 6.88. The zero-order chi connectivity index (χ0) is 12.1. The average Bonchev–Trinajstić information content (AvgIpc) is 2.37. The van der Waals surface area contributed by atoms with Crippen molar-refractivity contribution in [1.29, 1.82) is 0 Å². The van der Waals surface area contributed by atoms with E-state index in [1.54, 1.807) is 0 Å². The third-order valence-electron chi connectivity index (χ3n) is 3.71. The summed E-state index contributed by atoms with van der Waals surface area (Å²) in [6, 6.07) is 0.587. The van der Waals surface area contributed by atoms with Crippen LogP contribution in [0.3, 0.4) is 0 Å². The van der Waals surface area contributed by atoms with Crippen molar-refractivity contribution in [3.8, 4) is 0 Å². The summed E-state index contributed by atoms with van der Waals surface area (Å²) >= 11 is 1.98. The molecular formula is C13H24N2OS. The second kappa shape index (κ2) is 6.64. The number of amides is 1. The molecule has 0 radical (unpaired) electrons. The lowest BCUT2D eigenvalue weighted by molar-refractivity contribution is -0.131. The van der Waals surface area contributed by atoms with E-state index in [4.69, 9.17) is 0 Å². The van der Waals surface area contributed by atoms with Crippen LogP contribution in [0.15, 0.2) is 0 Å². The van der Waals surface area contributed by atoms with Gasteiger partial charge in [0.1, 0.15) is 0 Å². The molecule has 17 heavy (non-hydrogen) atoms. The first-order valence-corrected chi connectivity index (χ1v) is 7.93. The van der Waals surface area contributed by atoms with E-state index >= 15 is 0 Å². The molecule has 2 unspecified atom stereocenters. The van der Waals surface area contributed by atoms with Gasteiger partial charge in [-0.15, -0.1) is 0 Å². The third kappa shape index (κ3) is 4.18. The van der Waals surface area contributed by atoms with Crippen LogP contribution in [0, 0.1) is 0 Å². The van der Waals surface area contributed by atoms with Gasteiger partial charge in [-0.25, -0.2) is 0 Å². The van der Waals surface area contributed by atoms with E-state index < -0.39 is 0 Å². The van der Waals surface area contributed by atoms with Crippen molar-refractivity contribution in [2.45, 2.75) is 50.3 Å². The number of piperidine rings is 1. The highest BCUT2D eigenvalue weighted by Gasteiger charge is 2.22.